The van der Waals surface area contributed by atoms with Crippen LogP contribution in [0.2, 0.25) is 0 Å². The predicted molar refractivity (Wildman–Crippen MR) is 76.1 cm³/mol. The molecule has 0 aliphatic rings. The third-order valence-corrected chi connectivity index (χ3v) is 3.45. The molecule has 0 bridgehead atoms. The Morgan fingerprint density at radius 2 is 1.76 bits per heavy atom. The fraction of sp³-hybridized carbons (Fsp3) is 0.235. The van der Waals surface area contributed by atoms with E-state index in [-0.39, 0.29) is 18.4 Å². The molecule has 2 aromatic rings. The van der Waals surface area contributed by atoms with E-state index in [1.54, 1.807) is 0 Å². The average molecular weight is 290 g/mol. The molecule has 0 saturated carbocycles. The molecule has 0 radical (unpaired) electrons. The molecule has 4 heteroatoms. The van der Waals surface area contributed by atoms with Crippen LogP contribution in [0.5, 0.6) is 0 Å². The summed E-state index contributed by atoms with van der Waals surface area (Å²) in [4.78, 5) is 11.4. The highest BCUT2D eigenvalue weighted by Gasteiger charge is 2.21. The largest absolute Gasteiger partial charge is 0.481 e. The van der Waals surface area contributed by atoms with Crippen LogP contribution in [0, 0.1) is 24.5 Å². The topological polar surface area (TPSA) is 37.3 Å². The number of carbonyl (C=O) groups is 1. The first kappa shape index (κ1) is 15.2. The third-order valence-electron chi connectivity index (χ3n) is 3.45. The van der Waals surface area contributed by atoms with Crippen LogP contribution < -0.4 is 0 Å². The van der Waals surface area contributed by atoms with E-state index >= 15 is 0 Å². The molecule has 0 spiro atoms. The molecule has 0 aliphatic carbocycles. The van der Waals surface area contributed by atoms with Crippen LogP contribution in [0.1, 0.15) is 16.7 Å². The standard InChI is InChI=1S/C17H16F2O2/c1-11-5-7-12(8-6-11)9-14(17(20)21)10-13-3-2-4-15(18)16(13)19/h2-8,14H,9-10H2,1H3,(H,20,21). The molecule has 1 atom stereocenters. The summed E-state index contributed by atoms with van der Waals surface area (Å²) in [5, 5.41) is 9.29. The lowest BCUT2D eigenvalue weighted by atomic mass is 9.92. The molecule has 2 nitrogen and oxygen atoms in total. The minimum Gasteiger partial charge on any atom is -0.481 e. The number of halogens is 2. The quantitative estimate of drug-likeness (QED) is 0.910. The minimum atomic E-state index is -1.01. The minimum absolute atomic E-state index is 0.0349. The van der Waals surface area contributed by atoms with Crippen molar-refractivity contribution in [2.24, 2.45) is 5.92 Å². The Morgan fingerprint density at radius 3 is 2.38 bits per heavy atom. The second-order valence-electron chi connectivity index (χ2n) is 5.14. The molecule has 0 aromatic heterocycles. The van der Waals surface area contributed by atoms with Gasteiger partial charge < -0.3 is 5.11 Å². The van der Waals surface area contributed by atoms with E-state index in [0.29, 0.717) is 0 Å². The van der Waals surface area contributed by atoms with Gasteiger partial charge in [-0.15, -0.1) is 0 Å². The maximum Gasteiger partial charge on any atom is 0.307 e. The average Bonchev–Trinajstić information content (AvgIpc) is 2.45. The van der Waals surface area contributed by atoms with Crippen molar-refractivity contribution in [2.45, 2.75) is 19.8 Å². The van der Waals surface area contributed by atoms with Gasteiger partial charge in [-0.25, -0.2) is 8.78 Å². The SMILES string of the molecule is Cc1ccc(CC(Cc2cccc(F)c2F)C(=O)O)cc1. The fourth-order valence-electron chi connectivity index (χ4n) is 2.23. The van der Waals surface area contributed by atoms with Crippen molar-refractivity contribution in [3.05, 3.63) is 70.8 Å². The molecule has 0 heterocycles. The Balaban J connectivity index is 2.18. The Hall–Kier alpha value is -2.23. The Bertz CT molecular complexity index is 636. The molecule has 2 aromatic carbocycles. The fourth-order valence-corrected chi connectivity index (χ4v) is 2.23. The second kappa shape index (κ2) is 6.48. The van der Waals surface area contributed by atoms with Crippen LogP contribution in [0.25, 0.3) is 0 Å². The molecule has 0 fully saturated rings. The second-order valence-corrected chi connectivity index (χ2v) is 5.14. The van der Waals surface area contributed by atoms with E-state index in [2.05, 4.69) is 0 Å². The first-order valence-electron chi connectivity index (χ1n) is 6.68. The molecule has 21 heavy (non-hydrogen) atoms. The van der Waals surface area contributed by atoms with Gasteiger partial charge in [-0.3, -0.25) is 4.79 Å². The first-order chi connectivity index (χ1) is 9.97. The summed E-state index contributed by atoms with van der Waals surface area (Å²) < 4.78 is 26.8. The number of benzene rings is 2. The van der Waals surface area contributed by atoms with E-state index in [0.717, 1.165) is 17.2 Å². The number of aryl methyl sites for hydroxylation is 1. The summed E-state index contributed by atoms with van der Waals surface area (Å²) in [5.74, 6) is -3.72. The van der Waals surface area contributed by atoms with Crippen molar-refractivity contribution in [1.82, 2.24) is 0 Å². The molecule has 110 valence electrons. The van der Waals surface area contributed by atoms with Crippen LogP contribution >= 0.6 is 0 Å². The third kappa shape index (κ3) is 3.88. The first-order valence-corrected chi connectivity index (χ1v) is 6.68. The van der Waals surface area contributed by atoms with Gasteiger partial charge in [-0.2, -0.15) is 0 Å². The van der Waals surface area contributed by atoms with Gasteiger partial charge in [-0.05, 0) is 37.0 Å². The lowest BCUT2D eigenvalue weighted by Gasteiger charge is -2.13. The normalized spacial score (nSPS) is 12.1. The van der Waals surface area contributed by atoms with Crippen molar-refractivity contribution in [3.8, 4) is 0 Å². The number of hydrogen-bond donors (Lipinski definition) is 1. The summed E-state index contributed by atoms with van der Waals surface area (Å²) in [6.45, 7) is 1.95. The summed E-state index contributed by atoms with van der Waals surface area (Å²) >= 11 is 0. The van der Waals surface area contributed by atoms with Crippen molar-refractivity contribution in [1.29, 1.82) is 0 Å². The van der Waals surface area contributed by atoms with Crippen molar-refractivity contribution in [3.63, 3.8) is 0 Å². The number of carboxylic acid groups (broad SMARTS) is 1. The summed E-state index contributed by atoms with van der Waals surface area (Å²) in [7, 11) is 0. The zero-order chi connectivity index (χ0) is 15.4. The molecular formula is C17H16F2O2. The number of carboxylic acids is 1. The highest BCUT2D eigenvalue weighted by atomic mass is 19.2. The maximum atomic E-state index is 13.6. The smallest absolute Gasteiger partial charge is 0.307 e. The van der Waals surface area contributed by atoms with E-state index in [1.807, 2.05) is 31.2 Å². The molecule has 0 saturated heterocycles. The molecule has 1 unspecified atom stereocenters. The highest BCUT2D eigenvalue weighted by molar-refractivity contribution is 5.71. The number of rotatable bonds is 5. The Kier molecular flexibility index (Phi) is 4.68. The summed E-state index contributed by atoms with van der Waals surface area (Å²) in [6, 6.07) is 11.3. The van der Waals surface area contributed by atoms with Crippen molar-refractivity contribution < 1.29 is 18.7 Å². The van der Waals surface area contributed by atoms with Crippen molar-refractivity contribution in [2.75, 3.05) is 0 Å². The molecule has 0 amide bonds. The van der Waals surface area contributed by atoms with Gasteiger partial charge in [0.15, 0.2) is 11.6 Å². The van der Waals surface area contributed by atoms with Gasteiger partial charge in [0.25, 0.3) is 0 Å². The van der Waals surface area contributed by atoms with Gasteiger partial charge in [0.1, 0.15) is 0 Å². The van der Waals surface area contributed by atoms with Gasteiger partial charge in [0.05, 0.1) is 5.92 Å². The van der Waals surface area contributed by atoms with Gasteiger partial charge >= 0.3 is 5.97 Å². The lowest BCUT2D eigenvalue weighted by molar-refractivity contribution is -0.141. The Labute approximate surface area is 122 Å². The number of hydrogen-bond acceptors (Lipinski definition) is 1. The van der Waals surface area contributed by atoms with E-state index in [4.69, 9.17) is 0 Å². The van der Waals surface area contributed by atoms with Gasteiger partial charge in [0.2, 0.25) is 0 Å². The molecule has 2 rings (SSSR count). The molecule has 0 aliphatic heterocycles. The maximum absolute atomic E-state index is 13.6. The zero-order valence-electron chi connectivity index (χ0n) is 11.6. The lowest BCUT2D eigenvalue weighted by Crippen LogP contribution is -2.20. The summed E-state index contributed by atoms with van der Waals surface area (Å²) in [5.41, 5.74) is 2.04. The van der Waals surface area contributed by atoms with Crippen LogP contribution in [-0.4, -0.2) is 11.1 Å². The zero-order valence-corrected chi connectivity index (χ0v) is 11.6. The molecule has 1 N–H and O–H groups in total. The monoisotopic (exact) mass is 290 g/mol. The van der Waals surface area contributed by atoms with Crippen LogP contribution in [0.4, 0.5) is 8.78 Å². The van der Waals surface area contributed by atoms with Crippen molar-refractivity contribution >= 4 is 5.97 Å². The summed E-state index contributed by atoms with van der Waals surface area (Å²) in [6.07, 6.45) is 0.248. The molecular weight excluding hydrogens is 274 g/mol. The van der Waals surface area contributed by atoms with Gasteiger partial charge in [-0.1, -0.05) is 42.0 Å². The highest BCUT2D eigenvalue weighted by Crippen LogP contribution is 2.19. The van der Waals surface area contributed by atoms with E-state index in [9.17, 15) is 18.7 Å². The van der Waals surface area contributed by atoms with Crippen LogP contribution in [0.15, 0.2) is 42.5 Å². The number of aliphatic carboxylic acids is 1. The van der Waals surface area contributed by atoms with Gasteiger partial charge in [0, 0.05) is 0 Å². The van der Waals surface area contributed by atoms with Crippen LogP contribution in [-0.2, 0) is 17.6 Å². The Morgan fingerprint density at radius 1 is 1.10 bits per heavy atom. The van der Waals surface area contributed by atoms with Crippen LogP contribution in [0.3, 0.4) is 0 Å². The van der Waals surface area contributed by atoms with E-state index < -0.39 is 23.5 Å². The predicted octanol–water partition coefficient (Wildman–Crippen LogP) is 3.76. The van der Waals surface area contributed by atoms with E-state index in [1.165, 1.54) is 12.1 Å².